The van der Waals surface area contributed by atoms with Crippen LogP contribution in [0, 0.1) is 12.8 Å². The fraction of sp³-hybridized carbons (Fsp3) is 0.429. The van der Waals surface area contributed by atoms with Gasteiger partial charge in [-0.1, -0.05) is 17.7 Å². The van der Waals surface area contributed by atoms with Gasteiger partial charge in [0.05, 0.1) is 5.92 Å². The van der Waals surface area contributed by atoms with Crippen molar-refractivity contribution in [2.24, 2.45) is 11.7 Å². The summed E-state index contributed by atoms with van der Waals surface area (Å²) in [5.41, 5.74) is 7.55. The van der Waals surface area contributed by atoms with E-state index in [1.54, 1.807) is 0 Å². The minimum absolute atomic E-state index is 0.0912. The van der Waals surface area contributed by atoms with E-state index >= 15 is 0 Å². The second-order valence-electron chi connectivity index (χ2n) is 4.98. The van der Waals surface area contributed by atoms with Gasteiger partial charge >= 0.3 is 0 Å². The van der Waals surface area contributed by atoms with Crippen LogP contribution in [0.2, 0.25) is 0 Å². The second-order valence-corrected chi connectivity index (χ2v) is 5.37. The van der Waals surface area contributed by atoms with Crippen molar-refractivity contribution in [3.8, 4) is 0 Å². The molecule has 1 heterocycles. The molecule has 1 saturated heterocycles. The average molecular weight is 277 g/mol. The number of anilines is 1. The van der Waals surface area contributed by atoms with Crippen molar-refractivity contribution in [1.82, 2.24) is 4.90 Å². The molecule has 5 heteroatoms. The van der Waals surface area contributed by atoms with E-state index in [1.165, 1.54) is 5.56 Å². The molecule has 19 heavy (non-hydrogen) atoms. The van der Waals surface area contributed by atoms with E-state index in [2.05, 4.69) is 5.32 Å². The molecule has 0 radical (unpaired) electrons. The number of piperidine rings is 1. The van der Waals surface area contributed by atoms with E-state index in [1.807, 2.05) is 36.1 Å². The molecule has 1 fully saturated rings. The lowest BCUT2D eigenvalue weighted by atomic mass is 9.98. The summed E-state index contributed by atoms with van der Waals surface area (Å²) in [4.78, 5) is 13.3. The van der Waals surface area contributed by atoms with Crippen LogP contribution in [-0.2, 0) is 4.79 Å². The normalized spacial score (nSPS) is 19.0. The van der Waals surface area contributed by atoms with Gasteiger partial charge in [-0.15, -0.1) is 0 Å². The third kappa shape index (κ3) is 3.67. The van der Waals surface area contributed by atoms with E-state index in [9.17, 15) is 4.79 Å². The number of carbonyl (C=O) groups excluding carboxylic acids is 1. The zero-order chi connectivity index (χ0) is 13.8. The predicted molar refractivity (Wildman–Crippen MR) is 80.9 cm³/mol. The van der Waals surface area contributed by atoms with E-state index in [0.29, 0.717) is 11.7 Å². The maximum Gasteiger partial charge on any atom is 0.222 e. The lowest BCUT2D eigenvalue weighted by Crippen LogP contribution is -2.45. The summed E-state index contributed by atoms with van der Waals surface area (Å²) in [5.74, 6) is -0.325. The number of aryl methyl sites for hydroxylation is 1. The van der Waals surface area contributed by atoms with Crippen LogP contribution in [-0.4, -0.2) is 29.0 Å². The fourth-order valence-electron chi connectivity index (χ4n) is 2.23. The van der Waals surface area contributed by atoms with Gasteiger partial charge in [0.2, 0.25) is 5.91 Å². The van der Waals surface area contributed by atoms with Crippen molar-refractivity contribution >= 4 is 28.9 Å². The predicted octanol–water partition coefficient (Wildman–Crippen LogP) is 1.89. The summed E-state index contributed by atoms with van der Waals surface area (Å²) < 4.78 is 0. The van der Waals surface area contributed by atoms with Gasteiger partial charge in [-0.25, -0.2) is 0 Å². The zero-order valence-electron chi connectivity index (χ0n) is 11.1. The molecule has 0 bridgehead atoms. The van der Waals surface area contributed by atoms with Crippen LogP contribution in [0.25, 0.3) is 0 Å². The number of rotatable bonds is 2. The first-order valence-electron chi connectivity index (χ1n) is 6.48. The lowest BCUT2D eigenvalue weighted by Gasteiger charge is -2.33. The highest BCUT2D eigenvalue weighted by Gasteiger charge is 2.25. The third-order valence-corrected chi connectivity index (χ3v) is 3.77. The van der Waals surface area contributed by atoms with Gasteiger partial charge in [0.1, 0.15) is 0 Å². The van der Waals surface area contributed by atoms with Crippen molar-refractivity contribution in [3.05, 3.63) is 29.8 Å². The Bertz CT molecular complexity index is 472. The summed E-state index contributed by atoms with van der Waals surface area (Å²) in [6.45, 7) is 3.54. The molecule has 0 unspecified atom stereocenters. The number of amides is 1. The maximum absolute atomic E-state index is 11.3. The molecule has 1 amide bonds. The van der Waals surface area contributed by atoms with Gasteiger partial charge in [-0.3, -0.25) is 4.79 Å². The lowest BCUT2D eigenvalue weighted by molar-refractivity contribution is -0.122. The van der Waals surface area contributed by atoms with Crippen molar-refractivity contribution in [2.75, 3.05) is 18.4 Å². The second kappa shape index (κ2) is 6.02. The molecule has 0 aliphatic carbocycles. The maximum atomic E-state index is 11.3. The Kier molecular flexibility index (Phi) is 4.37. The Hall–Kier alpha value is -1.62. The van der Waals surface area contributed by atoms with E-state index in [4.69, 9.17) is 18.0 Å². The first-order valence-corrected chi connectivity index (χ1v) is 6.89. The molecule has 1 aliphatic rings. The Morgan fingerprint density at radius 2 is 2.11 bits per heavy atom. The Balaban J connectivity index is 1.96. The minimum atomic E-state index is -0.233. The Morgan fingerprint density at radius 1 is 1.42 bits per heavy atom. The number of nitrogens with two attached hydrogens (primary N) is 1. The minimum Gasteiger partial charge on any atom is -0.369 e. The molecule has 1 aromatic rings. The molecule has 2 rings (SSSR count). The van der Waals surface area contributed by atoms with Crippen molar-refractivity contribution < 1.29 is 4.79 Å². The summed E-state index contributed by atoms with van der Waals surface area (Å²) >= 11 is 5.39. The number of primary amides is 1. The van der Waals surface area contributed by atoms with E-state index < -0.39 is 0 Å². The number of likely N-dealkylation sites (tertiary alicyclic amines) is 1. The molecule has 0 aromatic heterocycles. The number of thiocarbonyl (C=S) groups is 1. The summed E-state index contributed by atoms with van der Waals surface area (Å²) in [6.07, 6.45) is 1.81. The first-order chi connectivity index (χ1) is 9.06. The van der Waals surface area contributed by atoms with Gasteiger partial charge in [0.15, 0.2) is 5.11 Å². The van der Waals surface area contributed by atoms with E-state index in [0.717, 1.165) is 25.1 Å². The number of benzene rings is 1. The van der Waals surface area contributed by atoms with Crippen LogP contribution in [0.3, 0.4) is 0 Å². The summed E-state index contributed by atoms with van der Waals surface area (Å²) in [7, 11) is 0. The van der Waals surface area contributed by atoms with E-state index in [-0.39, 0.29) is 11.8 Å². The Labute approximate surface area is 119 Å². The first kappa shape index (κ1) is 13.8. The molecular weight excluding hydrogens is 258 g/mol. The number of nitrogens with zero attached hydrogens (tertiary/aromatic N) is 1. The van der Waals surface area contributed by atoms with Gasteiger partial charge in [0, 0.05) is 18.8 Å². The van der Waals surface area contributed by atoms with Crippen LogP contribution < -0.4 is 11.1 Å². The van der Waals surface area contributed by atoms with Gasteiger partial charge in [0.25, 0.3) is 0 Å². The molecule has 1 atom stereocenters. The van der Waals surface area contributed by atoms with Gasteiger partial charge < -0.3 is 16.0 Å². The van der Waals surface area contributed by atoms with Crippen LogP contribution >= 0.6 is 12.2 Å². The Morgan fingerprint density at radius 3 is 2.74 bits per heavy atom. The molecule has 0 spiro atoms. The topological polar surface area (TPSA) is 58.4 Å². The largest absolute Gasteiger partial charge is 0.369 e. The zero-order valence-corrected chi connectivity index (χ0v) is 11.9. The standard InChI is InChI=1S/C14H19N3OS/c1-10-4-6-12(7-5-10)16-14(19)17-8-2-3-11(9-17)13(15)18/h4-7,11H,2-3,8-9H2,1H3,(H2,15,18)(H,16,19)/t11-/m1/s1. The number of nitrogens with one attached hydrogen (secondary N) is 1. The third-order valence-electron chi connectivity index (χ3n) is 3.41. The van der Waals surface area contributed by atoms with Crippen LogP contribution in [0.5, 0.6) is 0 Å². The van der Waals surface area contributed by atoms with Gasteiger partial charge in [-0.05, 0) is 44.1 Å². The van der Waals surface area contributed by atoms with Crippen molar-refractivity contribution in [1.29, 1.82) is 0 Å². The molecule has 102 valence electrons. The summed E-state index contributed by atoms with van der Waals surface area (Å²) in [6, 6.07) is 8.06. The van der Waals surface area contributed by atoms with Gasteiger partial charge in [-0.2, -0.15) is 0 Å². The number of hydrogen-bond donors (Lipinski definition) is 2. The fourth-order valence-corrected chi connectivity index (χ4v) is 2.52. The number of carbonyl (C=O) groups is 1. The highest BCUT2D eigenvalue weighted by Crippen LogP contribution is 2.17. The number of hydrogen-bond acceptors (Lipinski definition) is 2. The summed E-state index contributed by atoms with van der Waals surface area (Å²) in [5, 5.41) is 3.87. The van der Waals surface area contributed by atoms with Crippen LogP contribution in [0.1, 0.15) is 18.4 Å². The van der Waals surface area contributed by atoms with Crippen LogP contribution in [0.4, 0.5) is 5.69 Å². The quantitative estimate of drug-likeness (QED) is 0.811. The molecule has 1 aromatic carbocycles. The average Bonchev–Trinajstić information content (AvgIpc) is 2.41. The SMILES string of the molecule is Cc1ccc(NC(=S)N2CCC[C@@H](C(N)=O)C2)cc1. The highest BCUT2D eigenvalue weighted by molar-refractivity contribution is 7.80. The molecular formula is C14H19N3OS. The van der Waals surface area contributed by atoms with Crippen molar-refractivity contribution in [2.45, 2.75) is 19.8 Å². The molecule has 1 aliphatic heterocycles. The van der Waals surface area contributed by atoms with Crippen molar-refractivity contribution in [3.63, 3.8) is 0 Å². The molecule has 3 N–H and O–H groups in total. The monoisotopic (exact) mass is 277 g/mol. The smallest absolute Gasteiger partial charge is 0.222 e. The highest BCUT2D eigenvalue weighted by atomic mass is 32.1. The molecule has 4 nitrogen and oxygen atoms in total. The molecule has 0 saturated carbocycles. The van der Waals surface area contributed by atoms with Crippen LogP contribution in [0.15, 0.2) is 24.3 Å².